The second-order valence-corrected chi connectivity index (χ2v) is 5.34. The molecule has 0 radical (unpaired) electrons. The molecule has 84 valence electrons. The molecule has 14 heavy (non-hydrogen) atoms. The molecule has 0 saturated heterocycles. The van der Waals surface area contributed by atoms with E-state index in [1.54, 1.807) is 0 Å². The van der Waals surface area contributed by atoms with E-state index in [-0.39, 0.29) is 5.75 Å². The Morgan fingerprint density at radius 1 is 1.14 bits per heavy atom. The summed E-state index contributed by atoms with van der Waals surface area (Å²) in [6.07, 6.45) is 6.80. The number of allylic oxidation sites excluding steroid dienone is 2. The number of hydrogen-bond donors (Lipinski definition) is 1. The van der Waals surface area contributed by atoms with Crippen LogP contribution in [0.2, 0.25) is 0 Å². The highest BCUT2D eigenvalue weighted by atomic mass is 32.2. The fraction of sp³-hybridized carbons (Fsp3) is 0.800. The van der Waals surface area contributed by atoms with Crippen molar-refractivity contribution in [1.82, 2.24) is 0 Å². The molecule has 0 fully saturated rings. The van der Waals surface area contributed by atoms with Crippen molar-refractivity contribution in [2.24, 2.45) is 0 Å². The Kier molecular flexibility index (Phi) is 6.83. The SMILES string of the molecule is CC(C)=CCCCCCCS(=O)(=O)O. The fourth-order valence-electron chi connectivity index (χ4n) is 1.17. The van der Waals surface area contributed by atoms with Crippen LogP contribution in [0.4, 0.5) is 0 Å². The highest BCUT2D eigenvalue weighted by Crippen LogP contribution is 2.06. The molecule has 0 aromatic carbocycles. The quantitative estimate of drug-likeness (QED) is 0.408. The molecule has 3 nitrogen and oxygen atoms in total. The Hall–Kier alpha value is -0.350. The van der Waals surface area contributed by atoms with Crippen molar-refractivity contribution in [3.8, 4) is 0 Å². The molecule has 0 heterocycles. The van der Waals surface area contributed by atoms with Crippen LogP contribution in [0.5, 0.6) is 0 Å². The van der Waals surface area contributed by atoms with E-state index < -0.39 is 10.1 Å². The maximum Gasteiger partial charge on any atom is 0.264 e. The monoisotopic (exact) mass is 220 g/mol. The fourth-order valence-corrected chi connectivity index (χ4v) is 1.74. The van der Waals surface area contributed by atoms with Gasteiger partial charge in [0.15, 0.2) is 0 Å². The van der Waals surface area contributed by atoms with E-state index in [4.69, 9.17) is 4.55 Å². The van der Waals surface area contributed by atoms with Crippen molar-refractivity contribution in [3.63, 3.8) is 0 Å². The molecule has 1 N–H and O–H groups in total. The molecule has 0 aliphatic carbocycles. The molecule has 0 aliphatic heterocycles. The molecule has 0 aromatic rings. The van der Waals surface area contributed by atoms with Gasteiger partial charge in [0, 0.05) is 0 Å². The van der Waals surface area contributed by atoms with E-state index in [0.717, 1.165) is 25.7 Å². The standard InChI is InChI=1S/C10H20O3S/c1-10(2)8-6-4-3-5-7-9-14(11,12)13/h8H,3-7,9H2,1-2H3,(H,11,12,13). The van der Waals surface area contributed by atoms with Crippen LogP contribution in [0, 0.1) is 0 Å². The summed E-state index contributed by atoms with van der Waals surface area (Å²) in [6.45, 7) is 4.14. The lowest BCUT2D eigenvalue weighted by Crippen LogP contribution is -2.03. The first-order valence-electron chi connectivity index (χ1n) is 5.00. The summed E-state index contributed by atoms with van der Waals surface area (Å²) < 4.78 is 29.2. The molecule has 0 bridgehead atoms. The lowest BCUT2D eigenvalue weighted by atomic mass is 10.1. The Morgan fingerprint density at radius 2 is 1.71 bits per heavy atom. The van der Waals surface area contributed by atoms with Crippen LogP contribution in [0.1, 0.15) is 46.0 Å². The number of rotatable bonds is 7. The lowest BCUT2D eigenvalue weighted by molar-refractivity contribution is 0.479. The maximum atomic E-state index is 10.4. The van der Waals surface area contributed by atoms with Crippen LogP contribution < -0.4 is 0 Å². The first-order valence-corrected chi connectivity index (χ1v) is 6.61. The average molecular weight is 220 g/mol. The van der Waals surface area contributed by atoms with Gasteiger partial charge in [-0.25, -0.2) is 0 Å². The molecule has 0 aliphatic rings. The predicted octanol–water partition coefficient (Wildman–Crippen LogP) is 2.79. The van der Waals surface area contributed by atoms with Gasteiger partial charge in [-0.1, -0.05) is 24.5 Å². The van der Waals surface area contributed by atoms with Crippen LogP contribution in [0.3, 0.4) is 0 Å². The molecular weight excluding hydrogens is 200 g/mol. The average Bonchev–Trinajstić information content (AvgIpc) is 2.00. The molecule has 0 aromatic heterocycles. The molecule has 0 saturated carbocycles. The molecular formula is C10H20O3S. The molecule has 4 heteroatoms. The van der Waals surface area contributed by atoms with Gasteiger partial charge in [-0.15, -0.1) is 0 Å². The van der Waals surface area contributed by atoms with Gasteiger partial charge in [-0.2, -0.15) is 8.42 Å². The lowest BCUT2D eigenvalue weighted by Gasteiger charge is -1.98. The van der Waals surface area contributed by atoms with E-state index in [2.05, 4.69) is 19.9 Å². The van der Waals surface area contributed by atoms with Gasteiger partial charge in [0.2, 0.25) is 0 Å². The second-order valence-electron chi connectivity index (χ2n) is 3.77. The van der Waals surface area contributed by atoms with Gasteiger partial charge in [0.1, 0.15) is 0 Å². The normalized spacial score (nSPS) is 11.4. The summed E-state index contributed by atoms with van der Waals surface area (Å²) in [6, 6.07) is 0. The Labute approximate surface area is 87.0 Å². The Bertz CT molecular complexity index is 261. The minimum Gasteiger partial charge on any atom is -0.286 e. The smallest absolute Gasteiger partial charge is 0.264 e. The van der Waals surface area contributed by atoms with E-state index >= 15 is 0 Å². The maximum absolute atomic E-state index is 10.4. The Morgan fingerprint density at radius 3 is 2.21 bits per heavy atom. The highest BCUT2D eigenvalue weighted by Gasteiger charge is 2.02. The van der Waals surface area contributed by atoms with Crippen molar-refractivity contribution in [2.45, 2.75) is 46.0 Å². The zero-order valence-corrected chi connectivity index (χ0v) is 9.81. The summed E-state index contributed by atoms with van der Waals surface area (Å²) in [5.74, 6) is -0.102. The first kappa shape index (κ1) is 13.7. The molecule has 0 atom stereocenters. The van der Waals surface area contributed by atoms with Crippen LogP contribution in [-0.2, 0) is 10.1 Å². The summed E-state index contributed by atoms with van der Waals surface area (Å²) in [5, 5.41) is 0. The van der Waals surface area contributed by atoms with E-state index in [0.29, 0.717) is 6.42 Å². The van der Waals surface area contributed by atoms with Crippen molar-refractivity contribution in [2.75, 3.05) is 5.75 Å². The summed E-state index contributed by atoms with van der Waals surface area (Å²) >= 11 is 0. The minimum atomic E-state index is -3.74. The highest BCUT2D eigenvalue weighted by molar-refractivity contribution is 7.85. The van der Waals surface area contributed by atoms with Gasteiger partial charge < -0.3 is 0 Å². The van der Waals surface area contributed by atoms with E-state index in [1.165, 1.54) is 5.57 Å². The third-order valence-electron chi connectivity index (χ3n) is 1.91. The van der Waals surface area contributed by atoms with Crippen molar-refractivity contribution in [1.29, 1.82) is 0 Å². The minimum absolute atomic E-state index is 0.102. The number of hydrogen-bond acceptors (Lipinski definition) is 2. The van der Waals surface area contributed by atoms with Crippen molar-refractivity contribution >= 4 is 10.1 Å². The Balaban J connectivity index is 3.27. The van der Waals surface area contributed by atoms with Crippen LogP contribution in [0.25, 0.3) is 0 Å². The van der Waals surface area contributed by atoms with Crippen LogP contribution in [0.15, 0.2) is 11.6 Å². The third kappa shape index (κ3) is 11.6. The van der Waals surface area contributed by atoms with Gasteiger partial charge in [0.05, 0.1) is 5.75 Å². The van der Waals surface area contributed by atoms with Gasteiger partial charge in [0.25, 0.3) is 10.1 Å². The summed E-state index contributed by atoms with van der Waals surface area (Å²) in [5.41, 5.74) is 1.32. The van der Waals surface area contributed by atoms with Crippen molar-refractivity contribution < 1.29 is 13.0 Å². The van der Waals surface area contributed by atoms with Gasteiger partial charge in [-0.05, 0) is 33.1 Å². The van der Waals surface area contributed by atoms with Crippen molar-refractivity contribution in [3.05, 3.63) is 11.6 Å². The first-order chi connectivity index (χ1) is 6.42. The van der Waals surface area contributed by atoms with E-state index in [9.17, 15) is 8.42 Å². The molecule has 0 spiro atoms. The molecule has 0 rings (SSSR count). The summed E-state index contributed by atoms with van der Waals surface area (Å²) in [4.78, 5) is 0. The van der Waals surface area contributed by atoms with Crippen LogP contribution >= 0.6 is 0 Å². The largest absolute Gasteiger partial charge is 0.286 e. The van der Waals surface area contributed by atoms with Crippen LogP contribution in [-0.4, -0.2) is 18.7 Å². The topological polar surface area (TPSA) is 54.4 Å². The van der Waals surface area contributed by atoms with Gasteiger partial charge in [-0.3, -0.25) is 4.55 Å². The van der Waals surface area contributed by atoms with E-state index in [1.807, 2.05) is 0 Å². The summed E-state index contributed by atoms with van der Waals surface area (Å²) in [7, 11) is -3.74. The molecule has 0 amide bonds. The predicted molar refractivity (Wildman–Crippen MR) is 58.9 cm³/mol. The zero-order chi connectivity index (χ0) is 11.0. The van der Waals surface area contributed by atoms with Gasteiger partial charge >= 0.3 is 0 Å². The third-order valence-corrected chi connectivity index (χ3v) is 2.71. The zero-order valence-electron chi connectivity index (χ0n) is 8.99. The molecule has 0 unspecified atom stereocenters. The second kappa shape index (κ2) is 7.01. The number of unbranched alkanes of at least 4 members (excludes halogenated alkanes) is 4.